The summed E-state index contributed by atoms with van der Waals surface area (Å²) in [5, 5.41) is 2.96. The minimum absolute atomic E-state index is 0.122. The van der Waals surface area contributed by atoms with Crippen LogP contribution >= 0.6 is 0 Å². The van der Waals surface area contributed by atoms with Gasteiger partial charge in [0.2, 0.25) is 5.91 Å². The maximum Gasteiger partial charge on any atom is 0.225 e. The standard InChI is InChI=1S/C29H45N5O3S/c1-8-33(9-2)20-24-10-14-34(15-11-24)29-23(5)16-25(19-30-29)31-27(35)12-13-32(6)38(36)28-21(3)17-26(37-7)18-22(28)4/h16-19,24H,8-15,20H2,1-7H3,(H,31,35). The van der Waals surface area contributed by atoms with Crippen LogP contribution in [0.5, 0.6) is 5.75 Å². The van der Waals surface area contributed by atoms with E-state index in [1.54, 1.807) is 24.7 Å². The molecule has 1 saturated heterocycles. The number of rotatable bonds is 12. The molecule has 1 atom stereocenters. The molecule has 1 unspecified atom stereocenters. The molecule has 0 bridgehead atoms. The fraction of sp³-hybridized carbons (Fsp3) is 0.586. The van der Waals surface area contributed by atoms with Crippen LogP contribution in [0.1, 0.15) is 49.8 Å². The van der Waals surface area contributed by atoms with E-state index in [1.807, 2.05) is 32.0 Å². The first-order chi connectivity index (χ1) is 18.2. The zero-order valence-electron chi connectivity index (χ0n) is 24.2. The van der Waals surface area contributed by atoms with Crippen molar-refractivity contribution in [2.45, 2.75) is 58.8 Å². The molecule has 210 valence electrons. The van der Waals surface area contributed by atoms with Gasteiger partial charge in [-0.15, -0.1) is 0 Å². The molecule has 2 heterocycles. The molecule has 1 aromatic heterocycles. The Kier molecular flexibility index (Phi) is 11.1. The summed E-state index contributed by atoms with van der Waals surface area (Å²) < 4.78 is 20.2. The van der Waals surface area contributed by atoms with Crippen LogP contribution in [0.4, 0.5) is 11.5 Å². The van der Waals surface area contributed by atoms with Gasteiger partial charge in [-0.05, 0) is 87.5 Å². The molecule has 1 aliphatic heterocycles. The number of carbonyl (C=O) groups excluding carboxylic acids is 1. The number of hydrogen-bond donors (Lipinski definition) is 1. The molecular weight excluding hydrogens is 498 g/mol. The Hall–Kier alpha value is -2.49. The van der Waals surface area contributed by atoms with E-state index in [9.17, 15) is 9.00 Å². The minimum atomic E-state index is -1.36. The van der Waals surface area contributed by atoms with E-state index in [-0.39, 0.29) is 12.3 Å². The molecule has 0 aliphatic carbocycles. The fourth-order valence-electron chi connectivity index (χ4n) is 5.17. The summed E-state index contributed by atoms with van der Waals surface area (Å²) in [6.45, 7) is 16.2. The molecule has 8 nitrogen and oxygen atoms in total. The van der Waals surface area contributed by atoms with Crippen molar-refractivity contribution in [3.63, 3.8) is 0 Å². The average molecular weight is 544 g/mol. The molecule has 1 amide bonds. The first-order valence-corrected chi connectivity index (χ1v) is 14.8. The number of aryl methyl sites for hydroxylation is 3. The van der Waals surface area contributed by atoms with Gasteiger partial charge in [0.25, 0.3) is 0 Å². The number of amides is 1. The maximum atomic E-state index is 13.1. The monoisotopic (exact) mass is 543 g/mol. The van der Waals surface area contributed by atoms with Crippen LogP contribution in [0.25, 0.3) is 0 Å². The van der Waals surface area contributed by atoms with Gasteiger partial charge in [0, 0.05) is 39.6 Å². The highest BCUT2D eigenvalue weighted by Gasteiger charge is 2.23. The summed E-state index contributed by atoms with van der Waals surface area (Å²) in [6.07, 6.45) is 4.34. The number of aromatic nitrogens is 1. The number of hydrogen-bond acceptors (Lipinski definition) is 6. The lowest BCUT2D eigenvalue weighted by atomic mass is 9.96. The van der Waals surface area contributed by atoms with Crippen molar-refractivity contribution in [2.24, 2.45) is 5.92 Å². The first-order valence-electron chi connectivity index (χ1n) is 13.7. The Morgan fingerprint density at radius 2 is 1.74 bits per heavy atom. The maximum absolute atomic E-state index is 13.1. The van der Waals surface area contributed by atoms with Gasteiger partial charge in [0.15, 0.2) is 0 Å². The fourth-order valence-corrected chi connectivity index (χ4v) is 6.40. The molecular formula is C29H45N5O3S. The van der Waals surface area contributed by atoms with Crippen LogP contribution in [0.15, 0.2) is 29.3 Å². The predicted octanol–water partition coefficient (Wildman–Crippen LogP) is 4.56. The van der Waals surface area contributed by atoms with Gasteiger partial charge in [-0.3, -0.25) is 4.79 Å². The summed E-state index contributed by atoms with van der Waals surface area (Å²) in [4.78, 5) is 23.0. The van der Waals surface area contributed by atoms with Gasteiger partial charge in [0.1, 0.15) is 22.6 Å². The minimum Gasteiger partial charge on any atom is -0.497 e. The predicted molar refractivity (Wildman–Crippen MR) is 156 cm³/mol. The lowest BCUT2D eigenvalue weighted by molar-refractivity contribution is -0.116. The second kappa shape index (κ2) is 14.1. The number of piperidine rings is 1. The third kappa shape index (κ3) is 7.77. The number of carbonyl (C=O) groups is 1. The van der Waals surface area contributed by atoms with Crippen molar-refractivity contribution < 1.29 is 13.7 Å². The molecule has 0 spiro atoms. The van der Waals surface area contributed by atoms with Gasteiger partial charge in [-0.25, -0.2) is 13.5 Å². The molecule has 0 saturated carbocycles. The van der Waals surface area contributed by atoms with Crippen LogP contribution in [0, 0.1) is 26.7 Å². The Morgan fingerprint density at radius 3 is 2.29 bits per heavy atom. The summed E-state index contributed by atoms with van der Waals surface area (Å²) >= 11 is 0. The third-order valence-corrected chi connectivity index (χ3v) is 9.18. The molecule has 1 N–H and O–H groups in total. The highest BCUT2D eigenvalue weighted by atomic mass is 32.2. The van der Waals surface area contributed by atoms with Gasteiger partial charge >= 0.3 is 0 Å². The Bertz CT molecular complexity index is 1090. The molecule has 3 rings (SSSR count). The lowest BCUT2D eigenvalue weighted by Gasteiger charge is -2.35. The first kappa shape index (κ1) is 30.1. The van der Waals surface area contributed by atoms with E-state index in [0.717, 1.165) is 65.3 Å². The van der Waals surface area contributed by atoms with Gasteiger partial charge in [0.05, 0.1) is 23.9 Å². The Labute approximate surface area is 231 Å². The number of nitrogens with one attached hydrogen (secondary N) is 1. The van der Waals surface area contributed by atoms with Crippen molar-refractivity contribution in [2.75, 3.05) is 63.6 Å². The van der Waals surface area contributed by atoms with Gasteiger partial charge in [-0.2, -0.15) is 0 Å². The van der Waals surface area contributed by atoms with Gasteiger partial charge < -0.3 is 19.9 Å². The van der Waals surface area contributed by atoms with E-state index in [1.165, 1.54) is 19.4 Å². The Balaban J connectivity index is 1.51. The van der Waals surface area contributed by atoms with Crippen molar-refractivity contribution in [3.8, 4) is 5.75 Å². The van der Waals surface area contributed by atoms with Crippen molar-refractivity contribution in [1.82, 2.24) is 14.2 Å². The quantitative estimate of drug-likeness (QED) is 0.423. The SMILES string of the molecule is CCN(CC)CC1CCN(c2ncc(NC(=O)CCN(C)S(=O)c3c(C)cc(OC)cc3C)cc2C)CC1. The average Bonchev–Trinajstić information content (AvgIpc) is 2.90. The largest absolute Gasteiger partial charge is 0.497 e. The van der Waals surface area contributed by atoms with Gasteiger partial charge in [-0.1, -0.05) is 13.8 Å². The summed E-state index contributed by atoms with van der Waals surface area (Å²) in [5.41, 5.74) is 3.57. The number of benzene rings is 1. The van der Waals surface area contributed by atoms with Crippen LogP contribution in [-0.2, 0) is 15.8 Å². The summed E-state index contributed by atoms with van der Waals surface area (Å²) in [7, 11) is 2.03. The van der Waals surface area contributed by atoms with E-state index >= 15 is 0 Å². The van der Waals surface area contributed by atoms with Crippen LogP contribution in [0.2, 0.25) is 0 Å². The number of anilines is 2. The third-order valence-electron chi connectivity index (χ3n) is 7.44. The number of ether oxygens (including phenoxy) is 1. The van der Waals surface area contributed by atoms with E-state index in [0.29, 0.717) is 12.2 Å². The van der Waals surface area contributed by atoms with Crippen LogP contribution in [0.3, 0.4) is 0 Å². The topological polar surface area (TPSA) is 78.0 Å². The summed E-state index contributed by atoms with van der Waals surface area (Å²) in [5.74, 6) is 2.38. The lowest BCUT2D eigenvalue weighted by Crippen LogP contribution is -2.39. The molecule has 2 aromatic rings. The highest BCUT2D eigenvalue weighted by molar-refractivity contribution is 7.82. The molecule has 1 aromatic carbocycles. The second-order valence-electron chi connectivity index (χ2n) is 10.3. The van der Waals surface area contributed by atoms with E-state index in [2.05, 4.69) is 35.9 Å². The van der Waals surface area contributed by atoms with Crippen LogP contribution < -0.4 is 15.0 Å². The van der Waals surface area contributed by atoms with Crippen molar-refractivity contribution in [1.29, 1.82) is 0 Å². The van der Waals surface area contributed by atoms with Crippen molar-refractivity contribution >= 4 is 28.4 Å². The Morgan fingerprint density at radius 1 is 1.11 bits per heavy atom. The summed E-state index contributed by atoms with van der Waals surface area (Å²) in [6, 6.07) is 5.76. The number of methoxy groups -OCH3 is 1. The second-order valence-corrected chi connectivity index (χ2v) is 11.8. The molecule has 1 fully saturated rings. The molecule has 1 aliphatic rings. The van der Waals surface area contributed by atoms with E-state index in [4.69, 9.17) is 9.72 Å². The number of nitrogens with zero attached hydrogens (tertiary/aromatic N) is 4. The molecule has 0 radical (unpaired) electrons. The zero-order valence-corrected chi connectivity index (χ0v) is 25.0. The zero-order chi connectivity index (χ0) is 27.8. The highest BCUT2D eigenvalue weighted by Crippen LogP contribution is 2.27. The smallest absolute Gasteiger partial charge is 0.225 e. The number of pyridine rings is 1. The normalized spacial score (nSPS) is 15.2. The molecule has 9 heteroatoms. The van der Waals surface area contributed by atoms with Crippen molar-refractivity contribution in [3.05, 3.63) is 41.1 Å². The molecule has 38 heavy (non-hydrogen) atoms. The van der Waals surface area contributed by atoms with E-state index < -0.39 is 11.0 Å². The van der Waals surface area contributed by atoms with Crippen LogP contribution in [-0.4, -0.2) is 77.7 Å².